The molecule has 0 amide bonds. The highest BCUT2D eigenvalue weighted by Gasteiger charge is 2.28. The summed E-state index contributed by atoms with van der Waals surface area (Å²) >= 11 is 0.0840. The van der Waals surface area contributed by atoms with Gasteiger partial charge in [0, 0.05) is 24.9 Å². The molecule has 1 heterocycles. The van der Waals surface area contributed by atoms with Gasteiger partial charge in [-0.3, -0.25) is 4.90 Å². The molecule has 0 saturated carbocycles. The van der Waals surface area contributed by atoms with E-state index in [2.05, 4.69) is 24.1 Å². The maximum Gasteiger partial charge on any atom is 0.441 e. The Hall–Kier alpha value is 0.0600. The standard InChI is InChI=1S/C12H23F3N2S/c1-10(2)17(6-7-18-12(13,14)15)9-11-4-3-5-16-8-11/h10-11,16H,3-9H2,1-2H3. The molecule has 2 nitrogen and oxygen atoms in total. The molecular weight excluding hydrogens is 261 g/mol. The second-order valence-corrected chi connectivity index (χ2v) is 6.26. The molecule has 0 bridgehead atoms. The topological polar surface area (TPSA) is 15.3 Å². The van der Waals surface area contributed by atoms with Crippen LogP contribution in [0.15, 0.2) is 0 Å². The molecule has 18 heavy (non-hydrogen) atoms. The minimum absolute atomic E-state index is 0.0840. The van der Waals surface area contributed by atoms with E-state index in [0.29, 0.717) is 18.5 Å². The van der Waals surface area contributed by atoms with E-state index in [9.17, 15) is 13.2 Å². The second-order valence-electron chi connectivity index (χ2n) is 5.10. The van der Waals surface area contributed by atoms with E-state index in [0.717, 1.165) is 19.6 Å². The van der Waals surface area contributed by atoms with E-state index in [1.807, 2.05) is 0 Å². The highest BCUT2D eigenvalue weighted by molar-refractivity contribution is 8.00. The van der Waals surface area contributed by atoms with Gasteiger partial charge >= 0.3 is 5.51 Å². The van der Waals surface area contributed by atoms with E-state index in [1.165, 1.54) is 12.8 Å². The molecule has 0 aliphatic carbocycles. The fourth-order valence-corrected chi connectivity index (χ4v) is 2.81. The predicted octanol–water partition coefficient (Wildman–Crippen LogP) is 2.95. The molecule has 1 fully saturated rings. The van der Waals surface area contributed by atoms with Crippen LogP contribution in [0.25, 0.3) is 0 Å². The Labute approximate surface area is 112 Å². The van der Waals surface area contributed by atoms with Gasteiger partial charge in [-0.2, -0.15) is 13.2 Å². The molecule has 1 atom stereocenters. The van der Waals surface area contributed by atoms with Gasteiger partial charge < -0.3 is 5.32 Å². The molecule has 1 rings (SSSR count). The molecule has 1 unspecified atom stereocenters. The Morgan fingerprint density at radius 3 is 2.61 bits per heavy atom. The van der Waals surface area contributed by atoms with Crippen LogP contribution in [0.4, 0.5) is 13.2 Å². The smallest absolute Gasteiger partial charge is 0.316 e. The van der Waals surface area contributed by atoms with Gasteiger partial charge in [0.15, 0.2) is 0 Å². The summed E-state index contributed by atoms with van der Waals surface area (Å²) in [5.41, 5.74) is -4.10. The summed E-state index contributed by atoms with van der Waals surface area (Å²) in [6.45, 7) is 7.59. The van der Waals surface area contributed by atoms with Crippen molar-refractivity contribution in [3.63, 3.8) is 0 Å². The van der Waals surface area contributed by atoms with Crippen LogP contribution in [0, 0.1) is 5.92 Å². The molecule has 1 aliphatic rings. The lowest BCUT2D eigenvalue weighted by molar-refractivity contribution is -0.0329. The molecule has 0 aromatic heterocycles. The van der Waals surface area contributed by atoms with Crippen molar-refractivity contribution >= 4 is 11.8 Å². The number of halogens is 3. The molecule has 1 N–H and O–H groups in total. The highest BCUT2D eigenvalue weighted by Crippen LogP contribution is 2.30. The Kier molecular flexibility index (Phi) is 6.81. The first kappa shape index (κ1) is 16.1. The van der Waals surface area contributed by atoms with Gasteiger partial charge in [0.25, 0.3) is 0 Å². The van der Waals surface area contributed by atoms with E-state index in [4.69, 9.17) is 0 Å². The van der Waals surface area contributed by atoms with Gasteiger partial charge in [-0.15, -0.1) is 0 Å². The van der Waals surface area contributed by atoms with Gasteiger partial charge in [0.2, 0.25) is 0 Å². The summed E-state index contributed by atoms with van der Waals surface area (Å²) in [7, 11) is 0. The van der Waals surface area contributed by atoms with Crippen LogP contribution in [0.3, 0.4) is 0 Å². The number of nitrogens with zero attached hydrogens (tertiary/aromatic N) is 1. The lowest BCUT2D eigenvalue weighted by Gasteiger charge is -2.32. The van der Waals surface area contributed by atoms with Gasteiger partial charge in [-0.05, 0) is 57.5 Å². The number of thioether (sulfide) groups is 1. The van der Waals surface area contributed by atoms with E-state index < -0.39 is 5.51 Å². The fraction of sp³-hybridized carbons (Fsp3) is 1.00. The van der Waals surface area contributed by atoms with E-state index >= 15 is 0 Å². The van der Waals surface area contributed by atoms with Gasteiger partial charge in [-0.1, -0.05) is 0 Å². The van der Waals surface area contributed by atoms with Crippen molar-refractivity contribution in [1.29, 1.82) is 0 Å². The maximum atomic E-state index is 12.1. The molecular formula is C12H23F3N2S. The average molecular weight is 284 g/mol. The van der Waals surface area contributed by atoms with E-state index in [1.54, 1.807) is 0 Å². The van der Waals surface area contributed by atoms with Crippen molar-refractivity contribution in [3.8, 4) is 0 Å². The molecule has 108 valence electrons. The molecule has 1 saturated heterocycles. The van der Waals surface area contributed by atoms with Crippen LogP contribution in [0.1, 0.15) is 26.7 Å². The normalized spacial score (nSPS) is 21.8. The average Bonchev–Trinajstić information content (AvgIpc) is 2.27. The molecule has 1 aliphatic heterocycles. The maximum absolute atomic E-state index is 12.1. The van der Waals surface area contributed by atoms with Crippen LogP contribution in [0.2, 0.25) is 0 Å². The number of piperidine rings is 1. The highest BCUT2D eigenvalue weighted by atomic mass is 32.2. The third-order valence-corrected chi connectivity index (χ3v) is 3.98. The number of hydrogen-bond acceptors (Lipinski definition) is 3. The monoisotopic (exact) mass is 284 g/mol. The third-order valence-electron chi connectivity index (χ3n) is 3.27. The van der Waals surface area contributed by atoms with Gasteiger partial charge in [-0.25, -0.2) is 0 Å². The van der Waals surface area contributed by atoms with Crippen molar-refractivity contribution in [2.45, 2.75) is 38.2 Å². The first-order chi connectivity index (χ1) is 8.38. The summed E-state index contributed by atoms with van der Waals surface area (Å²) in [4.78, 5) is 2.16. The lowest BCUT2D eigenvalue weighted by atomic mass is 9.98. The van der Waals surface area contributed by atoms with Crippen LogP contribution in [-0.2, 0) is 0 Å². The zero-order valence-electron chi connectivity index (χ0n) is 11.1. The Bertz CT molecular complexity index is 228. The molecule has 0 radical (unpaired) electrons. The van der Waals surface area contributed by atoms with Crippen molar-refractivity contribution in [1.82, 2.24) is 10.2 Å². The predicted molar refractivity (Wildman–Crippen MR) is 70.8 cm³/mol. The Balaban J connectivity index is 2.30. The summed E-state index contributed by atoms with van der Waals surface area (Å²) in [5.74, 6) is 0.707. The van der Waals surface area contributed by atoms with Gasteiger partial charge in [0.1, 0.15) is 0 Å². The second kappa shape index (κ2) is 7.60. The van der Waals surface area contributed by atoms with Crippen LogP contribution < -0.4 is 5.32 Å². The first-order valence-electron chi connectivity index (χ1n) is 6.54. The minimum atomic E-state index is -4.10. The summed E-state index contributed by atoms with van der Waals surface area (Å²) in [5, 5.41) is 3.35. The molecule has 0 aromatic carbocycles. The molecule has 0 aromatic rings. The summed E-state index contributed by atoms with van der Waals surface area (Å²) < 4.78 is 36.3. The number of rotatable bonds is 6. The SMILES string of the molecule is CC(C)N(CCSC(F)(F)F)CC1CCCNC1. The largest absolute Gasteiger partial charge is 0.441 e. The number of nitrogens with one attached hydrogen (secondary N) is 1. The van der Waals surface area contributed by atoms with Gasteiger partial charge in [0.05, 0.1) is 0 Å². The van der Waals surface area contributed by atoms with Crippen molar-refractivity contribution in [2.75, 3.05) is 31.9 Å². The number of hydrogen-bond donors (Lipinski definition) is 1. The number of alkyl halides is 3. The summed E-state index contributed by atoms with van der Waals surface area (Å²) in [6.07, 6.45) is 2.36. The zero-order valence-corrected chi connectivity index (χ0v) is 11.9. The Morgan fingerprint density at radius 1 is 1.39 bits per heavy atom. The van der Waals surface area contributed by atoms with Crippen molar-refractivity contribution in [2.24, 2.45) is 5.92 Å². The fourth-order valence-electron chi connectivity index (χ4n) is 2.25. The molecule has 0 spiro atoms. The lowest BCUT2D eigenvalue weighted by Crippen LogP contribution is -2.42. The van der Waals surface area contributed by atoms with Crippen molar-refractivity contribution in [3.05, 3.63) is 0 Å². The molecule has 6 heteroatoms. The van der Waals surface area contributed by atoms with Crippen LogP contribution in [0.5, 0.6) is 0 Å². The Morgan fingerprint density at radius 2 is 2.11 bits per heavy atom. The third kappa shape index (κ3) is 6.85. The quantitative estimate of drug-likeness (QED) is 0.807. The zero-order chi connectivity index (χ0) is 13.6. The van der Waals surface area contributed by atoms with E-state index in [-0.39, 0.29) is 17.5 Å². The van der Waals surface area contributed by atoms with Crippen molar-refractivity contribution < 1.29 is 13.2 Å². The van der Waals surface area contributed by atoms with Crippen LogP contribution in [-0.4, -0.2) is 48.4 Å². The summed E-state index contributed by atoms with van der Waals surface area (Å²) in [6, 6.07) is 0.306. The minimum Gasteiger partial charge on any atom is -0.316 e. The van der Waals surface area contributed by atoms with Crippen LogP contribution >= 0.6 is 11.8 Å². The first-order valence-corrected chi connectivity index (χ1v) is 7.52.